The van der Waals surface area contributed by atoms with E-state index in [4.69, 9.17) is 5.11 Å². The van der Waals surface area contributed by atoms with Gasteiger partial charge in [-0.15, -0.1) is 5.10 Å². The number of H-pyrrole nitrogens is 1. The topological polar surface area (TPSA) is 88.0 Å². The Balaban J connectivity index is 2.04. The SMILES string of the molecule is CC1CCC(Cn2c(SCC(=O)O)n[nH]c2=O)C1. The molecule has 100 valence electrons. The third-order valence-electron chi connectivity index (χ3n) is 3.29. The van der Waals surface area contributed by atoms with Crippen molar-refractivity contribution in [2.75, 3.05) is 5.75 Å². The van der Waals surface area contributed by atoms with Crippen molar-refractivity contribution in [1.29, 1.82) is 0 Å². The summed E-state index contributed by atoms with van der Waals surface area (Å²) >= 11 is 1.08. The maximum absolute atomic E-state index is 11.6. The quantitative estimate of drug-likeness (QED) is 0.785. The highest BCUT2D eigenvalue weighted by Crippen LogP contribution is 2.31. The van der Waals surface area contributed by atoms with Gasteiger partial charge in [-0.05, 0) is 24.7 Å². The summed E-state index contributed by atoms with van der Waals surface area (Å²) in [6.45, 7) is 2.86. The predicted octanol–water partition coefficient (Wildman–Crippen LogP) is 1.18. The van der Waals surface area contributed by atoms with E-state index in [1.165, 1.54) is 6.42 Å². The lowest BCUT2D eigenvalue weighted by atomic mass is 10.1. The van der Waals surface area contributed by atoms with Crippen LogP contribution in [0.25, 0.3) is 0 Å². The minimum Gasteiger partial charge on any atom is -0.481 e. The minimum absolute atomic E-state index is 0.0780. The van der Waals surface area contributed by atoms with Crippen molar-refractivity contribution in [2.24, 2.45) is 11.8 Å². The van der Waals surface area contributed by atoms with E-state index in [0.29, 0.717) is 23.5 Å². The Morgan fingerprint density at radius 1 is 1.61 bits per heavy atom. The summed E-state index contributed by atoms with van der Waals surface area (Å²) in [5.74, 6) is 0.231. The second-order valence-electron chi connectivity index (χ2n) is 4.89. The molecule has 0 bridgehead atoms. The Bertz CT molecular complexity index is 482. The zero-order valence-corrected chi connectivity index (χ0v) is 11.1. The second kappa shape index (κ2) is 5.60. The van der Waals surface area contributed by atoms with Gasteiger partial charge in [0.2, 0.25) is 0 Å². The first-order valence-electron chi connectivity index (χ1n) is 6.06. The Morgan fingerprint density at radius 3 is 3.00 bits per heavy atom. The standard InChI is InChI=1S/C11H17N3O3S/c1-7-2-3-8(4-7)5-14-10(17)12-13-11(14)18-6-9(15)16/h7-8H,2-6H2,1H3,(H,12,17)(H,15,16). The predicted molar refractivity (Wildman–Crippen MR) is 67.7 cm³/mol. The van der Waals surface area contributed by atoms with Crippen LogP contribution in [0.4, 0.5) is 0 Å². The molecule has 0 saturated heterocycles. The fourth-order valence-corrected chi connectivity index (χ4v) is 3.13. The number of rotatable bonds is 5. The monoisotopic (exact) mass is 271 g/mol. The molecule has 0 aliphatic heterocycles. The van der Waals surface area contributed by atoms with Gasteiger partial charge in [0.25, 0.3) is 0 Å². The number of carboxylic acids is 1. The zero-order valence-electron chi connectivity index (χ0n) is 10.3. The summed E-state index contributed by atoms with van der Waals surface area (Å²) in [6.07, 6.45) is 3.46. The molecule has 1 aromatic heterocycles. The molecule has 0 radical (unpaired) electrons. The highest BCUT2D eigenvalue weighted by atomic mass is 32.2. The molecule has 0 spiro atoms. The van der Waals surface area contributed by atoms with Crippen molar-refractivity contribution in [3.05, 3.63) is 10.5 Å². The molecular weight excluding hydrogens is 254 g/mol. The van der Waals surface area contributed by atoms with Gasteiger partial charge in [-0.1, -0.05) is 25.1 Å². The number of aromatic amines is 1. The summed E-state index contributed by atoms with van der Waals surface area (Å²) in [7, 11) is 0. The van der Waals surface area contributed by atoms with Gasteiger partial charge in [0.15, 0.2) is 5.16 Å². The van der Waals surface area contributed by atoms with Crippen molar-refractivity contribution >= 4 is 17.7 Å². The Kier molecular flexibility index (Phi) is 4.11. The number of carboxylic acid groups (broad SMARTS) is 1. The van der Waals surface area contributed by atoms with E-state index in [9.17, 15) is 9.59 Å². The number of carbonyl (C=O) groups is 1. The molecule has 7 heteroatoms. The third-order valence-corrected chi connectivity index (χ3v) is 4.25. The van der Waals surface area contributed by atoms with Crippen molar-refractivity contribution in [2.45, 2.75) is 37.9 Å². The van der Waals surface area contributed by atoms with Gasteiger partial charge in [-0.25, -0.2) is 9.89 Å². The lowest BCUT2D eigenvalue weighted by Crippen LogP contribution is -2.21. The summed E-state index contributed by atoms with van der Waals surface area (Å²) in [5.41, 5.74) is -0.248. The first-order chi connectivity index (χ1) is 8.56. The van der Waals surface area contributed by atoms with Crippen LogP contribution in [-0.2, 0) is 11.3 Å². The van der Waals surface area contributed by atoms with Crippen molar-refractivity contribution in [3.8, 4) is 0 Å². The number of nitrogens with zero attached hydrogens (tertiary/aromatic N) is 2. The largest absolute Gasteiger partial charge is 0.481 e. The normalized spacial score (nSPS) is 23.4. The summed E-state index contributed by atoms with van der Waals surface area (Å²) in [6, 6.07) is 0. The molecule has 1 aromatic rings. The molecule has 6 nitrogen and oxygen atoms in total. The molecule has 0 amide bonds. The Labute approximate surface area is 109 Å². The number of thioether (sulfide) groups is 1. The number of aliphatic carboxylic acids is 1. The fourth-order valence-electron chi connectivity index (χ4n) is 2.45. The summed E-state index contributed by atoms with van der Waals surface area (Å²) in [5, 5.41) is 15.4. The van der Waals surface area contributed by atoms with Crippen molar-refractivity contribution in [3.63, 3.8) is 0 Å². The molecule has 2 N–H and O–H groups in total. The van der Waals surface area contributed by atoms with E-state index in [1.54, 1.807) is 4.57 Å². The highest BCUT2D eigenvalue weighted by Gasteiger charge is 2.23. The molecule has 1 saturated carbocycles. The molecule has 0 aromatic carbocycles. The van der Waals surface area contributed by atoms with E-state index in [1.807, 2.05) is 0 Å². The van der Waals surface area contributed by atoms with Gasteiger partial charge in [-0.3, -0.25) is 9.36 Å². The van der Waals surface area contributed by atoms with Gasteiger partial charge in [0, 0.05) is 6.54 Å². The summed E-state index contributed by atoms with van der Waals surface area (Å²) < 4.78 is 1.57. The van der Waals surface area contributed by atoms with E-state index in [-0.39, 0.29) is 11.4 Å². The fraction of sp³-hybridized carbons (Fsp3) is 0.727. The summed E-state index contributed by atoms with van der Waals surface area (Å²) in [4.78, 5) is 22.2. The van der Waals surface area contributed by atoms with Gasteiger partial charge in [-0.2, -0.15) is 0 Å². The van der Waals surface area contributed by atoms with Crippen LogP contribution in [0.1, 0.15) is 26.2 Å². The molecule has 1 aliphatic carbocycles. The van der Waals surface area contributed by atoms with Crippen LogP contribution in [0.3, 0.4) is 0 Å². The van der Waals surface area contributed by atoms with Crippen LogP contribution in [0.5, 0.6) is 0 Å². The van der Waals surface area contributed by atoms with Crippen LogP contribution < -0.4 is 5.69 Å². The number of hydrogen-bond acceptors (Lipinski definition) is 4. The molecule has 2 rings (SSSR count). The van der Waals surface area contributed by atoms with E-state index in [2.05, 4.69) is 17.1 Å². The van der Waals surface area contributed by atoms with Crippen LogP contribution in [0, 0.1) is 11.8 Å². The Hall–Kier alpha value is -1.24. The molecular formula is C11H17N3O3S. The molecule has 1 heterocycles. The average Bonchev–Trinajstić information content (AvgIpc) is 2.85. The first-order valence-corrected chi connectivity index (χ1v) is 7.04. The van der Waals surface area contributed by atoms with Crippen LogP contribution in [-0.4, -0.2) is 31.6 Å². The molecule has 1 fully saturated rings. The van der Waals surface area contributed by atoms with Gasteiger partial charge in [0.05, 0.1) is 5.75 Å². The molecule has 2 atom stereocenters. The molecule has 1 aliphatic rings. The second-order valence-corrected chi connectivity index (χ2v) is 5.83. The van der Waals surface area contributed by atoms with Crippen molar-refractivity contribution in [1.82, 2.24) is 14.8 Å². The number of aromatic nitrogens is 3. The molecule has 18 heavy (non-hydrogen) atoms. The van der Waals surface area contributed by atoms with Gasteiger partial charge < -0.3 is 5.11 Å². The lowest BCUT2D eigenvalue weighted by Gasteiger charge is -2.10. The van der Waals surface area contributed by atoms with Gasteiger partial charge in [0.1, 0.15) is 0 Å². The Morgan fingerprint density at radius 2 is 2.39 bits per heavy atom. The zero-order chi connectivity index (χ0) is 13.1. The number of nitrogens with one attached hydrogen (secondary N) is 1. The maximum Gasteiger partial charge on any atom is 0.343 e. The van der Waals surface area contributed by atoms with E-state index < -0.39 is 5.97 Å². The average molecular weight is 271 g/mol. The van der Waals surface area contributed by atoms with Crippen LogP contribution in [0.15, 0.2) is 9.95 Å². The minimum atomic E-state index is -0.906. The lowest BCUT2D eigenvalue weighted by molar-refractivity contribution is -0.133. The maximum atomic E-state index is 11.6. The van der Waals surface area contributed by atoms with Crippen molar-refractivity contribution < 1.29 is 9.90 Å². The van der Waals surface area contributed by atoms with E-state index >= 15 is 0 Å². The third kappa shape index (κ3) is 3.16. The van der Waals surface area contributed by atoms with Crippen LogP contribution in [0.2, 0.25) is 0 Å². The molecule has 2 unspecified atom stereocenters. The van der Waals surface area contributed by atoms with E-state index in [0.717, 1.165) is 24.6 Å². The first kappa shape index (κ1) is 13.2. The highest BCUT2D eigenvalue weighted by molar-refractivity contribution is 7.99. The smallest absolute Gasteiger partial charge is 0.343 e. The van der Waals surface area contributed by atoms with Crippen LogP contribution >= 0.6 is 11.8 Å². The van der Waals surface area contributed by atoms with Gasteiger partial charge >= 0.3 is 11.7 Å². The number of hydrogen-bond donors (Lipinski definition) is 2.